The minimum Gasteiger partial charge on any atom is -0.412 e. The van der Waals surface area contributed by atoms with Gasteiger partial charge in [0.1, 0.15) is 0 Å². The van der Waals surface area contributed by atoms with E-state index in [1.54, 1.807) is 18.3 Å². The van der Waals surface area contributed by atoms with E-state index in [9.17, 15) is 4.79 Å². The summed E-state index contributed by atoms with van der Waals surface area (Å²) < 4.78 is 0. The third-order valence-corrected chi connectivity index (χ3v) is 0.820. The molecule has 0 spiro atoms. The molecule has 0 radical (unpaired) electrons. The van der Waals surface area contributed by atoms with Crippen LogP contribution in [0.5, 0.6) is 0 Å². The second-order valence-corrected chi connectivity index (χ2v) is 1.40. The summed E-state index contributed by atoms with van der Waals surface area (Å²) in [5, 5.41) is 0. The van der Waals surface area contributed by atoms with Crippen LogP contribution in [0.25, 0.3) is 0 Å². The minimum absolute atomic E-state index is 0. The lowest BCUT2D eigenvalue weighted by Gasteiger charge is -1.81. The third-order valence-electron chi connectivity index (χ3n) is 0.820. The molecule has 0 aromatic carbocycles. The Kier molecular flexibility index (Phi) is 7.32. The van der Waals surface area contributed by atoms with Crippen molar-refractivity contribution < 1.29 is 10.3 Å². The Morgan fingerprint density at radius 3 is 2.50 bits per heavy atom. The second-order valence-electron chi connectivity index (χ2n) is 1.40. The smallest absolute Gasteiger partial charge is 0.151 e. The summed E-state index contributed by atoms with van der Waals surface area (Å²) in [4.78, 5) is 13.7. The Labute approximate surface area is 64.8 Å². The van der Waals surface area contributed by atoms with Crippen molar-refractivity contribution >= 4 is 18.7 Å². The van der Waals surface area contributed by atoms with Crippen LogP contribution in [0.15, 0.2) is 24.5 Å². The quantitative estimate of drug-likeness (QED) is 0.563. The zero-order chi connectivity index (χ0) is 5.82. The molecule has 56 valence electrons. The Morgan fingerprint density at radius 2 is 2.20 bits per heavy atom. The maximum atomic E-state index is 9.97. The monoisotopic (exact) mass is 161 g/mol. The molecule has 2 N–H and O–H groups in total. The maximum Gasteiger partial charge on any atom is 0.151 e. The lowest BCUT2D eigenvalue weighted by molar-refractivity contribution is 0.112. The van der Waals surface area contributed by atoms with Crippen LogP contribution in [0.3, 0.4) is 0 Å². The molecule has 0 atom stereocenters. The molecule has 4 heteroatoms. The highest BCUT2D eigenvalue weighted by Crippen LogP contribution is 1.87. The number of hydrogen-bond acceptors (Lipinski definition) is 2. The van der Waals surface area contributed by atoms with E-state index in [1.165, 1.54) is 6.20 Å². The zero-order valence-electron chi connectivity index (χ0n) is 5.15. The van der Waals surface area contributed by atoms with Crippen LogP contribution in [0.2, 0.25) is 0 Å². The molecule has 1 aromatic heterocycles. The van der Waals surface area contributed by atoms with Gasteiger partial charge in [0.2, 0.25) is 0 Å². The van der Waals surface area contributed by atoms with Gasteiger partial charge in [-0.15, -0.1) is 12.4 Å². The van der Waals surface area contributed by atoms with Crippen LogP contribution < -0.4 is 0 Å². The summed E-state index contributed by atoms with van der Waals surface area (Å²) in [5.74, 6) is 0. The molecule has 0 saturated carbocycles. The molecular weight excluding hydrogens is 154 g/mol. The van der Waals surface area contributed by atoms with Crippen molar-refractivity contribution in [3.8, 4) is 0 Å². The van der Waals surface area contributed by atoms with Crippen LogP contribution in [0.1, 0.15) is 10.4 Å². The minimum atomic E-state index is 0. The van der Waals surface area contributed by atoms with Crippen molar-refractivity contribution in [1.82, 2.24) is 4.98 Å². The van der Waals surface area contributed by atoms with Crippen molar-refractivity contribution in [3.05, 3.63) is 30.1 Å². The summed E-state index contributed by atoms with van der Waals surface area (Å²) in [6.45, 7) is 0. The van der Waals surface area contributed by atoms with Crippen LogP contribution in [0.4, 0.5) is 0 Å². The van der Waals surface area contributed by atoms with Gasteiger partial charge in [-0.2, -0.15) is 0 Å². The Hall–Kier alpha value is -0.930. The van der Waals surface area contributed by atoms with E-state index in [1.807, 2.05) is 0 Å². The van der Waals surface area contributed by atoms with Crippen molar-refractivity contribution in [3.63, 3.8) is 0 Å². The Bertz CT molecular complexity index is 178. The summed E-state index contributed by atoms with van der Waals surface area (Å²) in [5.41, 5.74) is 0.618. The van der Waals surface area contributed by atoms with Crippen LogP contribution in [-0.4, -0.2) is 16.7 Å². The number of hydrogen-bond donors (Lipinski definition) is 0. The highest BCUT2D eigenvalue weighted by Gasteiger charge is 1.81. The molecule has 1 aromatic rings. The molecule has 3 nitrogen and oxygen atoms in total. The fourth-order valence-corrected chi connectivity index (χ4v) is 0.446. The first kappa shape index (κ1) is 11.8. The topological polar surface area (TPSA) is 61.5 Å². The van der Waals surface area contributed by atoms with Crippen LogP contribution in [-0.2, 0) is 0 Å². The number of nitrogens with zero attached hydrogens (tertiary/aromatic N) is 1. The van der Waals surface area contributed by atoms with E-state index >= 15 is 0 Å². The molecule has 1 rings (SSSR count). The van der Waals surface area contributed by atoms with Gasteiger partial charge in [-0.05, 0) is 12.1 Å². The highest BCUT2D eigenvalue weighted by molar-refractivity contribution is 5.85. The van der Waals surface area contributed by atoms with Gasteiger partial charge in [-0.25, -0.2) is 0 Å². The predicted octanol–water partition coefficient (Wildman–Crippen LogP) is 0.491. The van der Waals surface area contributed by atoms with Gasteiger partial charge in [0.15, 0.2) is 6.29 Å². The third kappa shape index (κ3) is 3.17. The zero-order valence-corrected chi connectivity index (χ0v) is 5.97. The first-order valence-corrected chi connectivity index (χ1v) is 2.28. The molecule has 0 bridgehead atoms. The fourth-order valence-electron chi connectivity index (χ4n) is 0.446. The van der Waals surface area contributed by atoms with Gasteiger partial charge >= 0.3 is 0 Å². The SMILES string of the molecule is Cl.O.O=Cc1cccnc1. The first-order chi connectivity index (χ1) is 3.93. The Balaban J connectivity index is 0. The molecular formula is C6H8ClNO2. The number of rotatable bonds is 1. The lowest BCUT2D eigenvalue weighted by Crippen LogP contribution is -1.77. The number of carbonyl (C=O) groups is 1. The summed E-state index contributed by atoms with van der Waals surface area (Å²) in [7, 11) is 0. The highest BCUT2D eigenvalue weighted by atomic mass is 35.5. The van der Waals surface area contributed by atoms with Crippen LogP contribution >= 0.6 is 12.4 Å². The molecule has 0 aliphatic carbocycles. The van der Waals surface area contributed by atoms with E-state index in [4.69, 9.17) is 0 Å². The fraction of sp³-hybridized carbons (Fsp3) is 0. The first-order valence-electron chi connectivity index (χ1n) is 2.28. The second kappa shape index (κ2) is 6.19. The predicted molar refractivity (Wildman–Crippen MR) is 40.5 cm³/mol. The van der Waals surface area contributed by atoms with E-state index in [0.717, 1.165) is 6.29 Å². The van der Waals surface area contributed by atoms with Gasteiger partial charge in [0, 0.05) is 18.0 Å². The van der Waals surface area contributed by atoms with E-state index in [-0.39, 0.29) is 17.9 Å². The van der Waals surface area contributed by atoms with Gasteiger partial charge < -0.3 is 5.48 Å². The molecule has 0 saturated heterocycles. The van der Waals surface area contributed by atoms with Gasteiger partial charge in [0.05, 0.1) is 0 Å². The molecule has 10 heavy (non-hydrogen) atoms. The van der Waals surface area contributed by atoms with Crippen LogP contribution in [0, 0.1) is 0 Å². The number of pyridine rings is 1. The van der Waals surface area contributed by atoms with Gasteiger partial charge in [0.25, 0.3) is 0 Å². The molecule has 0 fully saturated rings. The molecule has 0 aliphatic rings. The molecule has 0 aliphatic heterocycles. The number of aldehydes is 1. The van der Waals surface area contributed by atoms with Crippen molar-refractivity contribution in [1.29, 1.82) is 0 Å². The molecule has 1 heterocycles. The molecule has 0 unspecified atom stereocenters. The van der Waals surface area contributed by atoms with E-state index in [2.05, 4.69) is 4.98 Å². The summed E-state index contributed by atoms with van der Waals surface area (Å²) in [6.07, 6.45) is 3.92. The maximum absolute atomic E-state index is 9.97. The Morgan fingerprint density at radius 1 is 1.50 bits per heavy atom. The average molecular weight is 162 g/mol. The number of carbonyl (C=O) groups excluding carboxylic acids is 1. The summed E-state index contributed by atoms with van der Waals surface area (Å²) >= 11 is 0. The van der Waals surface area contributed by atoms with E-state index < -0.39 is 0 Å². The number of halogens is 1. The van der Waals surface area contributed by atoms with Crippen molar-refractivity contribution in [2.24, 2.45) is 0 Å². The molecule has 0 amide bonds. The number of aromatic nitrogens is 1. The van der Waals surface area contributed by atoms with Crippen molar-refractivity contribution in [2.75, 3.05) is 0 Å². The average Bonchev–Trinajstić information content (AvgIpc) is 1.90. The largest absolute Gasteiger partial charge is 0.412 e. The van der Waals surface area contributed by atoms with Gasteiger partial charge in [-0.1, -0.05) is 0 Å². The standard InChI is InChI=1S/C6H5NO.ClH.H2O/c8-5-6-2-1-3-7-4-6;;/h1-5H;1H;1H2. The summed E-state index contributed by atoms with van der Waals surface area (Å²) in [6, 6.07) is 3.43. The van der Waals surface area contributed by atoms with Gasteiger partial charge in [-0.3, -0.25) is 9.78 Å². The van der Waals surface area contributed by atoms with Crippen molar-refractivity contribution in [2.45, 2.75) is 0 Å². The van der Waals surface area contributed by atoms with E-state index in [0.29, 0.717) is 5.56 Å². The lowest BCUT2D eigenvalue weighted by atomic mass is 10.3. The normalized spacial score (nSPS) is 6.80.